The topological polar surface area (TPSA) is 57.8 Å². The molecule has 0 fully saturated rings. The number of para-hydroxylation sites is 1. The van der Waals surface area contributed by atoms with Gasteiger partial charge in [-0.3, -0.25) is 4.79 Å². The third-order valence-electron chi connectivity index (χ3n) is 4.83. The molecule has 4 nitrogen and oxygen atoms in total. The maximum atomic E-state index is 12.3. The first kappa shape index (κ1) is 16.5. The van der Waals surface area contributed by atoms with E-state index >= 15 is 0 Å². The molecule has 4 rings (SSSR count). The van der Waals surface area contributed by atoms with E-state index in [-0.39, 0.29) is 17.6 Å². The third kappa shape index (κ3) is 3.00. The van der Waals surface area contributed by atoms with Crippen molar-refractivity contribution in [2.75, 3.05) is 0 Å². The fraction of sp³-hybridized carbons (Fsp3) is 0.182. The predicted octanol–water partition coefficient (Wildman–Crippen LogP) is 4.49. The number of H-pyrrole nitrogens is 1. The molecule has 0 unspecified atom stereocenters. The van der Waals surface area contributed by atoms with E-state index in [2.05, 4.69) is 64.7 Å². The Balaban J connectivity index is 1.65. The van der Waals surface area contributed by atoms with Crippen LogP contribution in [0.25, 0.3) is 21.7 Å². The SMILES string of the molecule is C[C@H](N[C@H](C)c1nc2ccccc2c(=O)[nH]1)c1cccc2ccccc12. The van der Waals surface area contributed by atoms with Crippen LogP contribution in [0.3, 0.4) is 0 Å². The standard InChI is InChI=1S/C22H21N3O/c1-14(17-12-7-9-16-8-3-4-10-18(16)17)23-15(2)21-24-20-13-6-5-11-19(20)22(26)25-21/h3-15,23H,1-2H3,(H,24,25,26)/t14-,15+/m0/s1. The summed E-state index contributed by atoms with van der Waals surface area (Å²) in [4.78, 5) is 19.9. The number of nitrogens with one attached hydrogen (secondary N) is 2. The van der Waals surface area contributed by atoms with Gasteiger partial charge in [0.2, 0.25) is 0 Å². The van der Waals surface area contributed by atoms with Gasteiger partial charge in [0.25, 0.3) is 5.56 Å². The zero-order chi connectivity index (χ0) is 18.1. The van der Waals surface area contributed by atoms with Crippen LogP contribution in [0.5, 0.6) is 0 Å². The number of nitrogens with zero attached hydrogens (tertiary/aromatic N) is 1. The molecule has 0 saturated carbocycles. The summed E-state index contributed by atoms with van der Waals surface area (Å²) in [6.45, 7) is 4.16. The van der Waals surface area contributed by atoms with Crippen molar-refractivity contribution in [1.29, 1.82) is 0 Å². The molecule has 0 radical (unpaired) electrons. The first-order valence-corrected chi connectivity index (χ1v) is 8.86. The summed E-state index contributed by atoms with van der Waals surface area (Å²) in [5.74, 6) is 0.654. The number of fused-ring (bicyclic) bond motifs is 2. The molecule has 0 aliphatic rings. The molecule has 26 heavy (non-hydrogen) atoms. The summed E-state index contributed by atoms with van der Waals surface area (Å²) in [6.07, 6.45) is 0. The molecular formula is C22H21N3O. The second-order valence-corrected chi connectivity index (χ2v) is 6.65. The lowest BCUT2D eigenvalue weighted by Crippen LogP contribution is -2.26. The van der Waals surface area contributed by atoms with Gasteiger partial charge in [-0.25, -0.2) is 4.98 Å². The molecule has 0 aliphatic carbocycles. The highest BCUT2D eigenvalue weighted by Crippen LogP contribution is 2.25. The minimum atomic E-state index is -0.0999. The van der Waals surface area contributed by atoms with Gasteiger partial charge in [-0.2, -0.15) is 0 Å². The Kier molecular flexibility index (Phi) is 4.27. The van der Waals surface area contributed by atoms with E-state index in [4.69, 9.17) is 0 Å². The van der Waals surface area contributed by atoms with Gasteiger partial charge in [-0.05, 0) is 42.3 Å². The van der Waals surface area contributed by atoms with Crippen LogP contribution in [0, 0.1) is 0 Å². The highest BCUT2D eigenvalue weighted by molar-refractivity contribution is 5.86. The van der Waals surface area contributed by atoms with Crippen molar-refractivity contribution in [2.24, 2.45) is 0 Å². The van der Waals surface area contributed by atoms with Crippen molar-refractivity contribution in [3.05, 3.63) is 88.5 Å². The summed E-state index contributed by atoms with van der Waals surface area (Å²) >= 11 is 0. The fourth-order valence-corrected chi connectivity index (χ4v) is 3.48. The Bertz CT molecular complexity index is 1130. The first-order valence-electron chi connectivity index (χ1n) is 8.86. The lowest BCUT2D eigenvalue weighted by atomic mass is 9.99. The highest BCUT2D eigenvalue weighted by Gasteiger charge is 2.16. The molecular weight excluding hydrogens is 322 g/mol. The van der Waals surface area contributed by atoms with Crippen LogP contribution in [0.4, 0.5) is 0 Å². The van der Waals surface area contributed by atoms with Crippen LogP contribution in [0.1, 0.15) is 37.3 Å². The lowest BCUT2D eigenvalue weighted by molar-refractivity contribution is 0.479. The molecule has 1 heterocycles. The van der Waals surface area contributed by atoms with Crippen LogP contribution in [-0.2, 0) is 0 Å². The Morgan fingerprint density at radius 3 is 2.38 bits per heavy atom. The molecule has 1 aromatic heterocycles. The molecule has 130 valence electrons. The monoisotopic (exact) mass is 343 g/mol. The number of aromatic amines is 1. The van der Waals surface area contributed by atoms with Crippen molar-refractivity contribution in [1.82, 2.24) is 15.3 Å². The molecule has 2 N–H and O–H groups in total. The Morgan fingerprint density at radius 1 is 0.846 bits per heavy atom. The molecule has 0 spiro atoms. The molecule has 4 heteroatoms. The van der Waals surface area contributed by atoms with E-state index in [1.165, 1.54) is 16.3 Å². The van der Waals surface area contributed by atoms with E-state index < -0.39 is 0 Å². The quantitative estimate of drug-likeness (QED) is 0.574. The summed E-state index contributed by atoms with van der Waals surface area (Å²) < 4.78 is 0. The van der Waals surface area contributed by atoms with Crippen molar-refractivity contribution in [3.63, 3.8) is 0 Å². The van der Waals surface area contributed by atoms with E-state index in [9.17, 15) is 4.79 Å². The molecule has 4 aromatic rings. The molecule has 0 aliphatic heterocycles. The predicted molar refractivity (Wildman–Crippen MR) is 106 cm³/mol. The normalized spacial score (nSPS) is 13.8. The number of rotatable bonds is 4. The highest BCUT2D eigenvalue weighted by atomic mass is 16.1. The van der Waals surface area contributed by atoms with Crippen LogP contribution < -0.4 is 10.9 Å². The average Bonchev–Trinajstić information content (AvgIpc) is 2.67. The van der Waals surface area contributed by atoms with Crippen molar-refractivity contribution < 1.29 is 0 Å². The van der Waals surface area contributed by atoms with E-state index in [0.717, 1.165) is 5.52 Å². The lowest BCUT2D eigenvalue weighted by Gasteiger charge is -2.21. The van der Waals surface area contributed by atoms with Gasteiger partial charge in [0, 0.05) is 6.04 Å². The molecule has 3 aromatic carbocycles. The van der Waals surface area contributed by atoms with Gasteiger partial charge in [0.15, 0.2) is 0 Å². The minimum Gasteiger partial charge on any atom is -0.309 e. The Morgan fingerprint density at radius 2 is 1.54 bits per heavy atom. The van der Waals surface area contributed by atoms with Crippen LogP contribution >= 0.6 is 0 Å². The smallest absolute Gasteiger partial charge is 0.258 e. The van der Waals surface area contributed by atoms with Crippen molar-refractivity contribution >= 4 is 21.7 Å². The zero-order valence-electron chi connectivity index (χ0n) is 14.9. The number of aromatic nitrogens is 2. The van der Waals surface area contributed by atoms with Gasteiger partial charge in [-0.15, -0.1) is 0 Å². The minimum absolute atomic E-state index is 0.0822. The van der Waals surface area contributed by atoms with E-state index in [1.54, 1.807) is 6.07 Å². The Labute approximate surface area is 151 Å². The molecule has 0 bridgehead atoms. The third-order valence-corrected chi connectivity index (χ3v) is 4.83. The van der Waals surface area contributed by atoms with Gasteiger partial charge in [0.1, 0.15) is 5.82 Å². The van der Waals surface area contributed by atoms with E-state index in [0.29, 0.717) is 11.2 Å². The summed E-state index contributed by atoms with van der Waals surface area (Å²) in [6, 6.07) is 22.2. The second kappa shape index (κ2) is 6.73. The van der Waals surface area contributed by atoms with Gasteiger partial charge in [-0.1, -0.05) is 54.6 Å². The van der Waals surface area contributed by atoms with Crippen molar-refractivity contribution in [2.45, 2.75) is 25.9 Å². The molecule has 0 amide bonds. The van der Waals surface area contributed by atoms with Crippen LogP contribution in [0.2, 0.25) is 0 Å². The Hall–Kier alpha value is -2.98. The zero-order valence-corrected chi connectivity index (χ0v) is 14.9. The molecule has 0 saturated heterocycles. The van der Waals surface area contributed by atoms with Gasteiger partial charge in [0.05, 0.1) is 16.9 Å². The largest absolute Gasteiger partial charge is 0.309 e. The first-order chi connectivity index (χ1) is 12.6. The average molecular weight is 343 g/mol. The molecule has 2 atom stereocenters. The van der Waals surface area contributed by atoms with Gasteiger partial charge < -0.3 is 10.3 Å². The van der Waals surface area contributed by atoms with Gasteiger partial charge >= 0.3 is 0 Å². The van der Waals surface area contributed by atoms with Crippen LogP contribution in [-0.4, -0.2) is 9.97 Å². The maximum Gasteiger partial charge on any atom is 0.258 e. The van der Waals surface area contributed by atoms with E-state index in [1.807, 2.05) is 25.1 Å². The number of benzene rings is 3. The summed E-state index contributed by atoms with van der Waals surface area (Å²) in [5.41, 5.74) is 1.85. The summed E-state index contributed by atoms with van der Waals surface area (Å²) in [7, 11) is 0. The second-order valence-electron chi connectivity index (χ2n) is 6.65. The van der Waals surface area contributed by atoms with Crippen LogP contribution in [0.15, 0.2) is 71.5 Å². The maximum absolute atomic E-state index is 12.3. The fourth-order valence-electron chi connectivity index (χ4n) is 3.48. The number of hydrogen-bond acceptors (Lipinski definition) is 3. The van der Waals surface area contributed by atoms with Crippen molar-refractivity contribution in [3.8, 4) is 0 Å². The number of hydrogen-bond donors (Lipinski definition) is 2. The summed E-state index contributed by atoms with van der Waals surface area (Å²) in [5, 5.41) is 6.64.